The summed E-state index contributed by atoms with van der Waals surface area (Å²) in [7, 11) is 3.09. The van der Waals surface area contributed by atoms with Gasteiger partial charge in [-0.3, -0.25) is 4.79 Å². The molecule has 0 atom stereocenters. The molecular formula is C22H22FN3O3. The van der Waals surface area contributed by atoms with Gasteiger partial charge in [-0.25, -0.2) is 9.37 Å². The van der Waals surface area contributed by atoms with E-state index in [9.17, 15) is 9.18 Å². The van der Waals surface area contributed by atoms with E-state index < -0.39 is 0 Å². The Morgan fingerprint density at radius 3 is 2.48 bits per heavy atom. The number of halogens is 1. The number of carbonyl (C=O) groups is 1. The van der Waals surface area contributed by atoms with Crippen LogP contribution in [0.1, 0.15) is 15.9 Å². The second kappa shape index (κ2) is 9.54. The number of rotatable bonds is 8. The van der Waals surface area contributed by atoms with Crippen LogP contribution in [-0.4, -0.2) is 31.7 Å². The van der Waals surface area contributed by atoms with Crippen LogP contribution in [0.5, 0.6) is 11.5 Å². The summed E-state index contributed by atoms with van der Waals surface area (Å²) in [4.78, 5) is 16.8. The van der Waals surface area contributed by atoms with E-state index in [-0.39, 0.29) is 11.7 Å². The van der Waals surface area contributed by atoms with Gasteiger partial charge >= 0.3 is 0 Å². The van der Waals surface area contributed by atoms with Gasteiger partial charge in [-0.15, -0.1) is 0 Å². The first-order valence-electron chi connectivity index (χ1n) is 9.07. The highest BCUT2D eigenvalue weighted by molar-refractivity contribution is 6.05. The Balaban J connectivity index is 1.58. The highest BCUT2D eigenvalue weighted by Crippen LogP contribution is 2.29. The summed E-state index contributed by atoms with van der Waals surface area (Å²) in [6, 6.07) is 15.0. The average Bonchev–Trinajstić information content (AvgIpc) is 2.75. The van der Waals surface area contributed by atoms with E-state index >= 15 is 0 Å². The highest BCUT2D eigenvalue weighted by Gasteiger charge is 2.11. The van der Waals surface area contributed by atoms with Gasteiger partial charge in [0.2, 0.25) is 0 Å². The maximum absolute atomic E-state index is 12.9. The molecule has 2 aromatic carbocycles. The number of nitrogens with zero attached hydrogens (tertiary/aromatic N) is 1. The van der Waals surface area contributed by atoms with E-state index in [1.165, 1.54) is 25.4 Å². The number of pyridine rings is 1. The van der Waals surface area contributed by atoms with Gasteiger partial charge < -0.3 is 20.1 Å². The molecule has 3 aromatic rings. The van der Waals surface area contributed by atoms with Gasteiger partial charge in [0, 0.05) is 18.8 Å². The van der Waals surface area contributed by atoms with Crippen LogP contribution in [0.3, 0.4) is 0 Å². The maximum Gasteiger partial charge on any atom is 0.257 e. The number of benzene rings is 2. The van der Waals surface area contributed by atoms with E-state index in [0.29, 0.717) is 35.1 Å². The molecule has 0 aliphatic rings. The topological polar surface area (TPSA) is 72.5 Å². The number of aromatic nitrogens is 1. The number of anilines is 2. The summed E-state index contributed by atoms with van der Waals surface area (Å²) in [5.41, 5.74) is 1.96. The quantitative estimate of drug-likeness (QED) is 0.600. The first-order chi connectivity index (χ1) is 14.1. The molecule has 29 heavy (non-hydrogen) atoms. The van der Waals surface area contributed by atoms with E-state index in [0.717, 1.165) is 12.0 Å². The molecule has 0 unspecified atom stereocenters. The first kappa shape index (κ1) is 20.1. The van der Waals surface area contributed by atoms with Crippen molar-refractivity contribution >= 4 is 17.4 Å². The van der Waals surface area contributed by atoms with Gasteiger partial charge in [-0.2, -0.15) is 0 Å². The van der Waals surface area contributed by atoms with Crippen LogP contribution < -0.4 is 20.1 Å². The molecule has 0 saturated carbocycles. The van der Waals surface area contributed by atoms with Gasteiger partial charge in [0.15, 0.2) is 0 Å². The zero-order valence-electron chi connectivity index (χ0n) is 16.2. The molecule has 3 rings (SSSR count). The third-order valence-electron chi connectivity index (χ3n) is 4.31. The Bertz CT molecular complexity index is 960. The molecule has 0 aliphatic heterocycles. The van der Waals surface area contributed by atoms with Gasteiger partial charge in [-0.05, 0) is 48.4 Å². The zero-order valence-corrected chi connectivity index (χ0v) is 16.2. The lowest BCUT2D eigenvalue weighted by Crippen LogP contribution is -2.13. The van der Waals surface area contributed by atoms with Crippen molar-refractivity contribution in [3.63, 3.8) is 0 Å². The molecule has 0 bridgehead atoms. The molecule has 0 radical (unpaired) electrons. The van der Waals surface area contributed by atoms with Gasteiger partial charge in [0.25, 0.3) is 5.91 Å². The van der Waals surface area contributed by atoms with Crippen LogP contribution in [-0.2, 0) is 6.42 Å². The molecular weight excluding hydrogens is 373 g/mol. The van der Waals surface area contributed by atoms with Crippen molar-refractivity contribution in [2.75, 3.05) is 31.4 Å². The smallest absolute Gasteiger partial charge is 0.257 e. The average molecular weight is 395 g/mol. The molecule has 1 heterocycles. The summed E-state index contributed by atoms with van der Waals surface area (Å²) in [5.74, 6) is 1.25. The molecule has 150 valence electrons. The second-order valence-corrected chi connectivity index (χ2v) is 6.26. The van der Waals surface area contributed by atoms with E-state index in [1.807, 2.05) is 0 Å². The van der Waals surface area contributed by atoms with Crippen LogP contribution in [0.4, 0.5) is 15.9 Å². The van der Waals surface area contributed by atoms with Crippen LogP contribution in [0, 0.1) is 5.82 Å². The zero-order chi connectivity index (χ0) is 20.6. The van der Waals surface area contributed by atoms with Gasteiger partial charge in [-0.1, -0.05) is 12.1 Å². The molecule has 6 nitrogen and oxygen atoms in total. The highest BCUT2D eigenvalue weighted by atomic mass is 19.1. The van der Waals surface area contributed by atoms with Crippen LogP contribution in [0.2, 0.25) is 0 Å². The Morgan fingerprint density at radius 2 is 1.83 bits per heavy atom. The minimum absolute atomic E-state index is 0.246. The molecule has 0 saturated heterocycles. The molecule has 0 spiro atoms. The van der Waals surface area contributed by atoms with Crippen LogP contribution in [0.25, 0.3) is 0 Å². The number of hydrogen-bond acceptors (Lipinski definition) is 5. The van der Waals surface area contributed by atoms with E-state index in [2.05, 4.69) is 15.6 Å². The summed E-state index contributed by atoms with van der Waals surface area (Å²) in [6.45, 7) is 0.644. The number of hydrogen-bond donors (Lipinski definition) is 2. The fourth-order valence-corrected chi connectivity index (χ4v) is 2.72. The Morgan fingerprint density at radius 1 is 1.03 bits per heavy atom. The van der Waals surface area contributed by atoms with E-state index in [1.54, 1.807) is 49.6 Å². The number of ether oxygens (including phenoxy) is 2. The van der Waals surface area contributed by atoms with Crippen LogP contribution in [0.15, 0.2) is 60.8 Å². The summed E-state index contributed by atoms with van der Waals surface area (Å²) < 4.78 is 23.4. The predicted molar refractivity (Wildman–Crippen MR) is 110 cm³/mol. The summed E-state index contributed by atoms with van der Waals surface area (Å²) in [5, 5.41) is 5.99. The lowest BCUT2D eigenvalue weighted by Gasteiger charge is -2.12. The molecule has 1 aromatic heterocycles. The van der Waals surface area contributed by atoms with Crippen molar-refractivity contribution < 1.29 is 18.7 Å². The molecule has 0 fully saturated rings. The monoisotopic (exact) mass is 395 g/mol. The van der Waals surface area contributed by atoms with Crippen molar-refractivity contribution in [3.05, 3.63) is 77.7 Å². The van der Waals surface area contributed by atoms with Crippen molar-refractivity contribution in [2.45, 2.75) is 6.42 Å². The fraction of sp³-hybridized carbons (Fsp3) is 0.182. The van der Waals surface area contributed by atoms with Crippen molar-refractivity contribution in [2.24, 2.45) is 0 Å². The minimum Gasteiger partial charge on any atom is -0.497 e. The first-order valence-corrected chi connectivity index (χ1v) is 9.07. The third-order valence-corrected chi connectivity index (χ3v) is 4.31. The lowest BCUT2D eigenvalue weighted by molar-refractivity contribution is 0.102. The number of amides is 1. The summed E-state index contributed by atoms with van der Waals surface area (Å²) >= 11 is 0. The largest absolute Gasteiger partial charge is 0.497 e. The SMILES string of the molecule is COc1ccc(OC)c(NC(=O)c2ccc(NCCc3ccc(F)cc3)nc2)c1. The predicted octanol–water partition coefficient (Wildman–Crippen LogP) is 4.14. The Kier molecular flexibility index (Phi) is 6.63. The maximum atomic E-state index is 12.9. The molecule has 1 amide bonds. The van der Waals surface area contributed by atoms with Crippen molar-refractivity contribution in [1.82, 2.24) is 4.98 Å². The fourth-order valence-electron chi connectivity index (χ4n) is 2.72. The third kappa shape index (κ3) is 5.44. The second-order valence-electron chi connectivity index (χ2n) is 6.26. The van der Waals surface area contributed by atoms with Crippen molar-refractivity contribution in [3.8, 4) is 11.5 Å². The molecule has 2 N–H and O–H groups in total. The Labute approximate surface area is 168 Å². The molecule has 7 heteroatoms. The Hall–Kier alpha value is -3.61. The lowest BCUT2D eigenvalue weighted by atomic mass is 10.1. The van der Waals surface area contributed by atoms with Crippen molar-refractivity contribution in [1.29, 1.82) is 0 Å². The normalized spacial score (nSPS) is 10.3. The number of methoxy groups -OCH3 is 2. The number of carbonyl (C=O) groups excluding carboxylic acids is 1. The van der Waals surface area contributed by atoms with Gasteiger partial charge in [0.1, 0.15) is 23.1 Å². The van der Waals surface area contributed by atoms with E-state index in [4.69, 9.17) is 9.47 Å². The minimum atomic E-state index is -0.304. The van der Waals surface area contributed by atoms with Crippen LogP contribution >= 0.6 is 0 Å². The van der Waals surface area contributed by atoms with Gasteiger partial charge in [0.05, 0.1) is 25.5 Å². The standard InChI is InChI=1S/C22H22FN3O3/c1-28-18-8-9-20(29-2)19(13-18)26-22(27)16-5-10-21(25-14-16)24-12-11-15-3-6-17(23)7-4-15/h3-10,13-14H,11-12H2,1-2H3,(H,24,25)(H,26,27). The molecule has 0 aliphatic carbocycles. The number of nitrogens with one attached hydrogen (secondary N) is 2. The summed E-state index contributed by atoms with van der Waals surface area (Å²) in [6.07, 6.45) is 2.24.